The highest BCUT2D eigenvalue weighted by atomic mass is 32.2. The van der Waals surface area contributed by atoms with E-state index < -0.39 is 16.0 Å². The van der Waals surface area contributed by atoms with Gasteiger partial charge in [-0.2, -0.15) is 4.31 Å². The normalized spacial score (nSPS) is 16.0. The first-order valence-electron chi connectivity index (χ1n) is 6.67. The fourth-order valence-electron chi connectivity index (χ4n) is 1.94. The molecular weight excluding hydrogens is 298 g/mol. The Morgan fingerprint density at radius 3 is 2.55 bits per heavy atom. The van der Waals surface area contributed by atoms with Crippen LogP contribution in [0.3, 0.4) is 0 Å². The van der Waals surface area contributed by atoms with Crippen LogP contribution in [0.15, 0.2) is 16.3 Å². The van der Waals surface area contributed by atoms with Gasteiger partial charge in [0.1, 0.15) is 9.09 Å². The molecule has 20 heavy (non-hydrogen) atoms. The summed E-state index contributed by atoms with van der Waals surface area (Å²) in [6.07, 6.45) is 2.61. The molecule has 1 aromatic rings. The number of carboxylic acids is 1. The molecule has 0 atom stereocenters. The molecule has 0 amide bonds. The van der Waals surface area contributed by atoms with Crippen molar-refractivity contribution in [2.24, 2.45) is 5.92 Å². The molecule has 2 rings (SSSR count). The van der Waals surface area contributed by atoms with Crippen LogP contribution in [0, 0.1) is 5.92 Å². The third-order valence-corrected chi connectivity index (χ3v) is 6.73. The molecule has 1 aromatic heterocycles. The number of carbonyl (C=O) groups is 1. The standard InChI is InChI=1S/C13H19NO4S2/c1-9(2)7-8-14(10-3-4-10)20(17,18)12-6-5-11(19-12)13(15)16/h5-6,9-10H,3-4,7-8H2,1-2H3,(H,15,16). The van der Waals surface area contributed by atoms with E-state index in [1.54, 1.807) is 4.31 Å². The van der Waals surface area contributed by atoms with E-state index in [0.717, 1.165) is 30.6 Å². The lowest BCUT2D eigenvalue weighted by Gasteiger charge is -2.21. The maximum absolute atomic E-state index is 12.6. The quantitative estimate of drug-likeness (QED) is 0.839. The number of hydrogen-bond donors (Lipinski definition) is 1. The van der Waals surface area contributed by atoms with Crippen LogP contribution in [0.5, 0.6) is 0 Å². The van der Waals surface area contributed by atoms with Crippen LogP contribution >= 0.6 is 11.3 Å². The Labute approximate surface area is 123 Å². The Kier molecular flexibility index (Phi) is 4.51. The van der Waals surface area contributed by atoms with E-state index in [-0.39, 0.29) is 15.1 Å². The van der Waals surface area contributed by atoms with Crippen molar-refractivity contribution in [3.63, 3.8) is 0 Å². The van der Waals surface area contributed by atoms with Crippen molar-refractivity contribution in [1.82, 2.24) is 4.31 Å². The van der Waals surface area contributed by atoms with Gasteiger partial charge in [-0.25, -0.2) is 13.2 Å². The van der Waals surface area contributed by atoms with Gasteiger partial charge in [0.2, 0.25) is 0 Å². The molecule has 112 valence electrons. The number of thiophene rings is 1. The number of aromatic carboxylic acids is 1. The van der Waals surface area contributed by atoms with E-state index in [1.807, 2.05) is 0 Å². The first kappa shape index (κ1) is 15.5. The lowest BCUT2D eigenvalue weighted by molar-refractivity contribution is 0.0702. The van der Waals surface area contributed by atoms with E-state index >= 15 is 0 Å². The summed E-state index contributed by atoms with van der Waals surface area (Å²) in [7, 11) is -3.56. The highest BCUT2D eigenvalue weighted by molar-refractivity contribution is 7.91. The molecule has 0 unspecified atom stereocenters. The lowest BCUT2D eigenvalue weighted by Crippen LogP contribution is -2.34. The molecule has 0 bridgehead atoms. The van der Waals surface area contributed by atoms with Gasteiger partial charge in [-0.15, -0.1) is 11.3 Å². The molecule has 1 aliphatic carbocycles. The van der Waals surface area contributed by atoms with Gasteiger partial charge >= 0.3 is 5.97 Å². The topological polar surface area (TPSA) is 74.7 Å². The molecule has 0 spiro atoms. The van der Waals surface area contributed by atoms with Gasteiger partial charge in [0.05, 0.1) is 0 Å². The Morgan fingerprint density at radius 2 is 2.10 bits per heavy atom. The molecule has 1 saturated carbocycles. The van der Waals surface area contributed by atoms with Gasteiger partial charge in [-0.05, 0) is 37.3 Å². The first-order chi connectivity index (χ1) is 9.32. The Balaban J connectivity index is 2.22. The number of rotatable bonds is 7. The van der Waals surface area contributed by atoms with Gasteiger partial charge in [0, 0.05) is 12.6 Å². The molecular formula is C13H19NO4S2. The Bertz CT molecular complexity index is 587. The fourth-order valence-corrected chi connectivity index (χ4v) is 4.91. The van der Waals surface area contributed by atoms with Crippen molar-refractivity contribution >= 4 is 27.3 Å². The fraction of sp³-hybridized carbons (Fsp3) is 0.615. The van der Waals surface area contributed by atoms with E-state index in [1.165, 1.54) is 12.1 Å². The van der Waals surface area contributed by atoms with E-state index in [2.05, 4.69) is 13.8 Å². The molecule has 0 aliphatic heterocycles. The summed E-state index contributed by atoms with van der Waals surface area (Å²) in [5.74, 6) is -0.652. The third-order valence-electron chi connectivity index (χ3n) is 3.24. The molecule has 1 N–H and O–H groups in total. The van der Waals surface area contributed by atoms with Crippen molar-refractivity contribution < 1.29 is 18.3 Å². The van der Waals surface area contributed by atoms with Crippen LogP contribution in [0.2, 0.25) is 0 Å². The second-order valence-electron chi connectivity index (χ2n) is 5.45. The zero-order chi connectivity index (χ0) is 14.9. The van der Waals surface area contributed by atoms with E-state index in [9.17, 15) is 13.2 Å². The largest absolute Gasteiger partial charge is 0.477 e. The highest BCUT2D eigenvalue weighted by Gasteiger charge is 2.38. The summed E-state index contributed by atoms with van der Waals surface area (Å²) in [6.45, 7) is 4.63. The maximum atomic E-state index is 12.6. The third kappa shape index (κ3) is 3.39. The van der Waals surface area contributed by atoms with Gasteiger partial charge in [-0.3, -0.25) is 0 Å². The second kappa shape index (κ2) is 5.83. The summed E-state index contributed by atoms with van der Waals surface area (Å²) < 4.78 is 26.9. The average molecular weight is 317 g/mol. The second-order valence-corrected chi connectivity index (χ2v) is 8.65. The number of sulfonamides is 1. The minimum atomic E-state index is -3.56. The maximum Gasteiger partial charge on any atom is 0.345 e. The van der Waals surface area contributed by atoms with Crippen LogP contribution in [0.25, 0.3) is 0 Å². The minimum Gasteiger partial charge on any atom is -0.477 e. The molecule has 0 aromatic carbocycles. The Hall–Kier alpha value is -0.920. The zero-order valence-corrected chi connectivity index (χ0v) is 13.2. The van der Waals surface area contributed by atoms with Crippen molar-refractivity contribution in [3.8, 4) is 0 Å². The molecule has 0 saturated heterocycles. The molecule has 0 radical (unpaired) electrons. The average Bonchev–Trinajstić information content (AvgIpc) is 3.03. The van der Waals surface area contributed by atoms with E-state index in [0.29, 0.717) is 12.5 Å². The summed E-state index contributed by atoms with van der Waals surface area (Å²) in [4.78, 5) is 10.9. The molecule has 5 nitrogen and oxygen atoms in total. The van der Waals surface area contributed by atoms with Crippen molar-refractivity contribution in [3.05, 3.63) is 17.0 Å². The van der Waals surface area contributed by atoms with Gasteiger partial charge < -0.3 is 5.11 Å². The van der Waals surface area contributed by atoms with Crippen molar-refractivity contribution in [2.45, 2.75) is 43.4 Å². The van der Waals surface area contributed by atoms with Crippen LogP contribution in [0.1, 0.15) is 42.8 Å². The number of carboxylic acid groups (broad SMARTS) is 1. The van der Waals surface area contributed by atoms with Gasteiger partial charge in [-0.1, -0.05) is 13.8 Å². The van der Waals surface area contributed by atoms with Crippen LogP contribution in [-0.2, 0) is 10.0 Å². The molecule has 1 aliphatic rings. The highest BCUT2D eigenvalue weighted by Crippen LogP contribution is 2.34. The minimum absolute atomic E-state index is 0.0585. The lowest BCUT2D eigenvalue weighted by atomic mass is 10.1. The zero-order valence-electron chi connectivity index (χ0n) is 11.6. The Morgan fingerprint density at radius 1 is 1.45 bits per heavy atom. The van der Waals surface area contributed by atoms with Crippen molar-refractivity contribution in [1.29, 1.82) is 0 Å². The van der Waals surface area contributed by atoms with Gasteiger partial charge in [0.15, 0.2) is 0 Å². The van der Waals surface area contributed by atoms with Crippen LogP contribution in [-0.4, -0.2) is 36.4 Å². The van der Waals surface area contributed by atoms with Crippen LogP contribution in [0.4, 0.5) is 0 Å². The summed E-state index contributed by atoms with van der Waals surface area (Å²) >= 11 is 0.827. The predicted octanol–water partition coefficient (Wildman–Crippen LogP) is 2.65. The number of hydrogen-bond acceptors (Lipinski definition) is 4. The summed E-state index contributed by atoms with van der Waals surface area (Å²) in [5, 5.41) is 8.90. The monoisotopic (exact) mass is 317 g/mol. The summed E-state index contributed by atoms with van der Waals surface area (Å²) in [5.41, 5.74) is 0. The molecule has 7 heteroatoms. The van der Waals surface area contributed by atoms with Gasteiger partial charge in [0.25, 0.3) is 10.0 Å². The van der Waals surface area contributed by atoms with E-state index in [4.69, 9.17) is 5.11 Å². The van der Waals surface area contributed by atoms with Crippen molar-refractivity contribution in [2.75, 3.05) is 6.54 Å². The number of nitrogens with zero attached hydrogens (tertiary/aromatic N) is 1. The predicted molar refractivity (Wildman–Crippen MR) is 77.6 cm³/mol. The van der Waals surface area contributed by atoms with Crippen LogP contribution < -0.4 is 0 Å². The molecule has 1 heterocycles. The SMILES string of the molecule is CC(C)CCN(C1CC1)S(=O)(=O)c1ccc(C(=O)O)s1. The summed E-state index contributed by atoms with van der Waals surface area (Å²) in [6, 6.07) is 2.84. The first-order valence-corrected chi connectivity index (χ1v) is 8.93. The smallest absolute Gasteiger partial charge is 0.345 e. The molecule has 1 fully saturated rings.